The van der Waals surface area contributed by atoms with Crippen molar-refractivity contribution in [2.45, 2.75) is 19.4 Å². The molecule has 102 valence electrons. The van der Waals surface area contributed by atoms with Crippen molar-refractivity contribution >= 4 is 28.3 Å². The maximum atomic E-state index is 12.1. The minimum Gasteiger partial charge on any atom is -0.448 e. The normalized spacial score (nSPS) is 17.2. The van der Waals surface area contributed by atoms with E-state index in [-0.39, 0.29) is 5.91 Å². The van der Waals surface area contributed by atoms with Crippen LogP contribution in [0, 0.1) is 6.92 Å². The maximum absolute atomic E-state index is 12.1. The fraction of sp³-hybridized carbons (Fsp3) is 0.214. The molecule has 1 aromatic heterocycles. The van der Waals surface area contributed by atoms with Gasteiger partial charge in [-0.3, -0.25) is 10.1 Å². The SMILES string of the molecule is Cc1ccc2c(c1)CC(C(=O)Nc1nccs1)OC2=O. The number of amides is 1. The third kappa shape index (κ3) is 2.42. The van der Waals surface area contributed by atoms with Gasteiger partial charge in [-0.05, 0) is 18.6 Å². The summed E-state index contributed by atoms with van der Waals surface area (Å²) < 4.78 is 5.19. The number of anilines is 1. The summed E-state index contributed by atoms with van der Waals surface area (Å²) in [5.74, 6) is -0.800. The van der Waals surface area contributed by atoms with Gasteiger partial charge in [0.25, 0.3) is 5.91 Å². The fourth-order valence-corrected chi connectivity index (χ4v) is 2.67. The molecule has 0 bridgehead atoms. The summed E-state index contributed by atoms with van der Waals surface area (Å²) in [5, 5.41) is 4.91. The van der Waals surface area contributed by atoms with Gasteiger partial charge in [-0.1, -0.05) is 17.7 Å². The summed E-state index contributed by atoms with van der Waals surface area (Å²) in [6.45, 7) is 1.95. The van der Waals surface area contributed by atoms with Crippen LogP contribution < -0.4 is 5.32 Å². The molecule has 2 heterocycles. The van der Waals surface area contributed by atoms with Gasteiger partial charge in [0.15, 0.2) is 11.2 Å². The van der Waals surface area contributed by atoms with Crippen molar-refractivity contribution in [3.63, 3.8) is 0 Å². The Hall–Kier alpha value is -2.21. The number of benzene rings is 1. The number of nitrogens with zero attached hydrogens (tertiary/aromatic N) is 1. The monoisotopic (exact) mass is 288 g/mol. The number of thiazole rings is 1. The number of aryl methyl sites for hydroxylation is 1. The van der Waals surface area contributed by atoms with Crippen molar-refractivity contribution in [3.8, 4) is 0 Å². The molecule has 0 saturated heterocycles. The highest BCUT2D eigenvalue weighted by molar-refractivity contribution is 7.13. The molecule has 0 spiro atoms. The topological polar surface area (TPSA) is 68.3 Å². The average molecular weight is 288 g/mol. The first-order valence-electron chi connectivity index (χ1n) is 6.14. The summed E-state index contributed by atoms with van der Waals surface area (Å²) in [6, 6.07) is 5.51. The quantitative estimate of drug-likeness (QED) is 0.860. The minimum atomic E-state index is -0.805. The van der Waals surface area contributed by atoms with E-state index < -0.39 is 12.1 Å². The van der Waals surface area contributed by atoms with Crippen LogP contribution in [-0.4, -0.2) is 23.0 Å². The van der Waals surface area contributed by atoms with E-state index in [1.807, 2.05) is 19.1 Å². The molecular weight excluding hydrogens is 276 g/mol. The number of carbonyl (C=O) groups is 2. The van der Waals surface area contributed by atoms with E-state index in [1.165, 1.54) is 11.3 Å². The number of aromatic nitrogens is 1. The van der Waals surface area contributed by atoms with Crippen LogP contribution in [0.3, 0.4) is 0 Å². The number of hydrogen-bond acceptors (Lipinski definition) is 5. The molecule has 2 aromatic rings. The van der Waals surface area contributed by atoms with Crippen LogP contribution in [0.2, 0.25) is 0 Å². The molecule has 1 aromatic carbocycles. The summed E-state index contributed by atoms with van der Waals surface area (Å²) >= 11 is 1.32. The average Bonchev–Trinajstić information content (AvgIpc) is 2.90. The minimum absolute atomic E-state index is 0.347. The number of carbonyl (C=O) groups excluding carboxylic acids is 2. The maximum Gasteiger partial charge on any atom is 0.339 e. The Labute approximate surface area is 119 Å². The lowest BCUT2D eigenvalue weighted by Gasteiger charge is -2.23. The van der Waals surface area contributed by atoms with Crippen LogP contribution in [-0.2, 0) is 16.0 Å². The molecule has 0 aliphatic carbocycles. The molecule has 0 saturated carbocycles. The van der Waals surface area contributed by atoms with Gasteiger partial charge in [-0.2, -0.15) is 0 Å². The van der Waals surface area contributed by atoms with Crippen LogP contribution in [0.1, 0.15) is 21.5 Å². The number of nitrogens with one attached hydrogen (secondary N) is 1. The second-order valence-corrected chi connectivity index (χ2v) is 5.48. The van der Waals surface area contributed by atoms with Crippen molar-refractivity contribution in [2.75, 3.05) is 5.32 Å². The van der Waals surface area contributed by atoms with Gasteiger partial charge in [0.2, 0.25) is 0 Å². The van der Waals surface area contributed by atoms with Gasteiger partial charge in [0.05, 0.1) is 5.56 Å². The number of cyclic esters (lactones) is 1. The zero-order chi connectivity index (χ0) is 14.1. The lowest BCUT2D eigenvalue weighted by atomic mass is 9.96. The Morgan fingerprint density at radius 1 is 1.50 bits per heavy atom. The molecule has 3 rings (SSSR count). The van der Waals surface area contributed by atoms with Crippen molar-refractivity contribution in [2.24, 2.45) is 0 Å². The number of hydrogen-bond donors (Lipinski definition) is 1. The van der Waals surface area contributed by atoms with Gasteiger partial charge in [0.1, 0.15) is 0 Å². The smallest absolute Gasteiger partial charge is 0.339 e. The highest BCUT2D eigenvalue weighted by Gasteiger charge is 2.31. The van der Waals surface area contributed by atoms with E-state index in [4.69, 9.17) is 4.74 Å². The molecular formula is C14H12N2O3S. The van der Waals surface area contributed by atoms with E-state index in [9.17, 15) is 9.59 Å². The number of esters is 1. The third-order valence-corrected chi connectivity index (χ3v) is 3.78. The lowest BCUT2D eigenvalue weighted by Crippen LogP contribution is -2.38. The molecule has 1 N–H and O–H groups in total. The van der Waals surface area contributed by atoms with Gasteiger partial charge >= 0.3 is 5.97 Å². The van der Waals surface area contributed by atoms with Crippen LogP contribution in [0.25, 0.3) is 0 Å². The fourth-order valence-electron chi connectivity index (χ4n) is 2.14. The van der Waals surface area contributed by atoms with Gasteiger partial charge in [-0.15, -0.1) is 11.3 Å². The molecule has 0 radical (unpaired) electrons. The van der Waals surface area contributed by atoms with Gasteiger partial charge < -0.3 is 4.74 Å². The van der Waals surface area contributed by atoms with Crippen LogP contribution in [0.15, 0.2) is 29.8 Å². The zero-order valence-corrected chi connectivity index (χ0v) is 11.6. The highest BCUT2D eigenvalue weighted by atomic mass is 32.1. The molecule has 1 amide bonds. The standard InChI is InChI=1S/C14H12N2O3S/c1-8-2-3-10-9(6-8)7-11(19-13(10)18)12(17)16-14-15-4-5-20-14/h2-6,11H,7H2,1H3,(H,15,16,17). The van der Waals surface area contributed by atoms with Crippen molar-refractivity contribution in [3.05, 3.63) is 46.5 Å². The number of rotatable bonds is 2. The van der Waals surface area contributed by atoms with Crippen LogP contribution >= 0.6 is 11.3 Å². The molecule has 1 unspecified atom stereocenters. The third-order valence-electron chi connectivity index (χ3n) is 3.09. The summed E-state index contributed by atoms with van der Waals surface area (Å²) in [5.41, 5.74) is 2.44. The van der Waals surface area contributed by atoms with E-state index >= 15 is 0 Å². The van der Waals surface area contributed by atoms with Gasteiger partial charge in [0, 0.05) is 18.0 Å². The molecule has 1 atom stereocenters. The molecule has 0 fully saturated rings. The molecule has 1 aliphatic rings. The van der Waals surface area contributed by atoms with Crippen LogP contribution in [0.5, 0.6) is 0 Å². The molecule has 6 heteroatoms. The Kier molecular flexibility index (Phi) is 3.23. The van der Waals surface area contributed by atoms with Crippen molar-refractivity contribution < 1.29 is 14.3 Å². The molecule has 1 aliphatic heterocycles. The molecule has 5 nitrogen and oxygen atoms in total. The first-order chi connectivity index (χ1) is 9.63. The lowest BCUT2D eigenvalue weighted by molar-refractivity contribution is -0.125. The number of fused-ring (bicyclic) bond motifs is 1. The van der Waals surface area contributed by atoms with Crippen molar-refractivity contribution in [1.82, 2.24) is 4.98 Å². The number of ether oxygens (including phenoxy) is 1. The van der Waals surface area contributed by atoms with E-state index in [0.29, 0.717) is 17.1 Å². The van der Waals surface area contributed by atoms with Gasteiger partial charge in [-0.25, -0.2) is 9.78 Å². The van der Waals surface area contributed by atoms with E-state index in [1.54, 1.807) is 17.6 Å². The van der Waals surface area contributed by atoms with Crippen molar-refractivity contribution in [1.29, 1.82) is 0 Å². The predicted molar refractivity (Wildman–Crippen MR) is 74.8 cm³/mol. The van der Waals surface area contributed by atoms with E-state index in [0.717, 1.165) is 11.1 Å². The second-order valence-electron chi connectivity index (χ2n) is 4.59. The van der Waals surface area contributed by atoms with Crippen LogP contribution in [0.4, 0.5) is 5.13 Å². The summed E-state index contributed by atoms with van der Waals surface area (Å²) in [6.07, 6.45) is 1.19. The summed E-state index contributed by atoms with van der Waals surface area (Å²) in [4.78, 5) is 28.0. The summed E-state index contributed by atoms with van der Waals surface area (Å²) in [7, 11) is 0. The first kappa shape index (κ1) is 12.8. The van der Waals surface area contributed by atoms with E-state index in [2.05, 4.69) is 10.3 Å². The highest BCUT2D eigenvalue weighted by Crippen LogP contribution is 2.23. The first-order valence-corrected chi connectivity index (χ1v) is 7.02. The Morgan fingerprint density at radius 2 is 2.35 bits per heavy atom. The molecule has 20 heavy (non-hydrogen) atoms. The predicted octanol–water partition coefficient (Wildman–Crippen LogP) is 2.17. The zero-order valence-electron chi connectivity index (χ0n) is 10.8. The largest absolute Gasteiger partial charge is 0.448 e. The second kappa shape index (κ2) is 5.05. The Morgan fingerprint density at radius 3 is 3.10 bits per heavy atom. The Bertz CT molecular complexity index is 667. The Balaban J connectivity index is 1.80.